The molecule has 2 N–H and O–H groups in total. The summed E-state index contributed by atoms with van der Waals surface area (Å²) in [7, 11) is 0. The molecule has 5 atom stereocenters. The Bertz CT molecular complexity index is 432. The van der Waals surface area contributed by atoms with Crippen molar-refractivity contribution in [2.24, 2.45) is 17.6 Å². The first-order valence-electron chi connectivity index (χ1n) is 6.75. The molecular weight excluding hydrogens is 248 g/mol. The molecule has 0 radical (unpaired) electrons. The van der Waals surface area contributed by atoms with E-state index in [0.717, 1.165) is 0 Å². The third-order valence-electron chi connectivity index (χ3n) is 4.31. The summed E-state index contributed by atoms with van der Waals surface area (Å²) in [5, 5.41) is 0. The lowest BCUT2D eigenvalue weighted by molar-refractivity contribution is 0.0489. The van der Waals surface area contributed by atoms with Crippen molar-refractivity contribution in [3.8, 4) is 0 Å². The van der Waals surface area contributed by atoms with Crippen LogP contribution in [-0.4, -0.2) is 18.2 Å². The van der Waals surface area contributed by atoms with Crippen LogP contribution >= 0.6 is 0 Å². The molecule has 1 aliphatic heterocycles. The summed E-state index contributed by atoms with van der Waals surface area (Å²) in [5.41, 5.74) is 6.26. The number of rotatable bonds is 3. The predicted octanol–water partition coefficient (Wildman–Crippen LogP) is 2.89. The van der Waals surface area contributed by atoms with Crippen LogP contribution in [0, 0.1) is 23.5 Å². The Balaban J connectivity index is 2.15. The lowest BCUT2D eigenvalue weighted by Gasteiger charge is -2.26. The number of ether oxygens (including phenoxy) is 1. The van der Waals surface area contributed by atoms with Crippen molar-refractivity contribution in [3.63, 3.8) is 0 Å². The molecule has 1 aromatic carbocycles. The maximum absolute atomic E-state index is 13.6. The second-order valence-electron chi connectivity index (χ2n) is 5.55. The molecule has 106 valence electrons. The zero-order valence-electron chi connectivity index (χ0n) is 11.6. The number of halogens is 2. The van der Waals surface area contributed by atoms with E-state index in [-0.39, 0.29) is 36.2 Å². The molecule has 4 heteroatoms. The van der Waals surface area contributed by atoms with E-state index in [1.54, 1.807) is 0 Å². The van der Waals surface area contributed by atoms with E-state index in [1.807, 2.05) is 13.8 Å². The third kappa shape index (κ3) is 2.79. The second-order valence-corrected chi connectivity index (χ2v) is 5.55. The zero-order chi connectivity index (χ0) is 14.2. The van der Waals surface area contributed by atoms with Crippen molar-refractivity contribution in [2.75, 3.05) is 0 Å². The van der Waals surface area contributed by atoms with Crippen molar-refractivity contribution >= 4 is 0 Å². The Morgan fingerprint density at radius 2 is 1.74 bits per heavy atom. The fraction of sp³-hybridized carbons (Fsp3) is 0.600. The predicted molar refractivity (Wildman–Crippen MR) is 70.7 cm³/mol. The molecule has 19 heavy (non-hydrogen) atoms. The largest absolute Gasteiger partial charge is 0.375 e. The molecule has 5 unspecified atom stereocenters. The highest BCUT2D eigenvalue weighted by molar-refractivity contribution is 5.21. The average Bonchev–Trinajstić information content (AvgIpc) is 2.58. The van der Waals surface area contributed by atoms with Crippen molar-refractivity contribution in [1.29, 1.82) is 0 Å². The number of nitrogens with two attached hydrogens (primary N) is 1. The van der Waals surface area contributed by atoms with Gasteiger partial charge in [-0.15, -0.1) is 0 Å². The minimum absolute atomic E-state index is 0.0230. The van der Waals surface area contributed by atoms with Gasteiger partial charge in [0.25, 0.3) is 0 Å². The van der Waals surface area contributed by atoms with Gasteiger partial charge in [0.2, 0.25) is 0 Å². The van der Waals surface area contributed by atoms with Crippen LogP contribution in [0.15, 0.2) is 18.2 Å². The van der Waals surface area contributed by atoms with Gasteiger partial charge in [-0.2, -0.15) is 0 Å². The van der Waals surface area contributed by atoms with Crippen molar-refractivity contribution in [2.45, 2.75) is 45.4 Å². The van der Waals surface area contributed by atoms with E-state index in [1.165, 1.54) is 18.2 Å². The van der Waals surface area contributed by atoms with E-state index in [2.05, 4.69) is 6.92 Å². The zero-order valence-corrected chi connectivity index (χ0v) is 11.6. The van der Waals surface area contributed by atoms with E-state index < -0.39 is 11.6 Å². The summed E-state index contributed by atoms with van der Waals surface area (Å²) in [6.07, 6.45) is 0.361. The third-order valence-corrected chi connectivity index (χ3v) is 4.31. The molecule has 0 aliphatic carbocycles. The van der Waals surface area contributed by atoms with E-state index in [4.69, 9.17) is 10.5 Å². The summed E-state index contributed by atoms with van der Waals surface area (Å²) in [6.45, 7) is 6.07. The summed E-state index contributed by atoms with van der Waals surface area (Å²) >= 11 is 0. The molecule has 1 aliphatic rings. The molecule has 1 heterocycles. The molecule has 0 bridgehead atoms. The van der Waals surface area contributed by atoms with Crippen molar-refractivity contribution < 1.29 is 13.5 Å². The molecule has 2 nitrogen and oxygen atoms in total. The highest BCUT2D eigenvalue weighted by Gasteiger charge is 2.40. The maximum Gasteiger partial charge on any atom is 0.129 e. The van der Waals surface area contributed by atoms with Crippen molar-refractivity contribution in [3.05, 3.63) is 35.4 Å². The van der Waals surface area contributed by atoms with Gasteiger partial charge in [0.05, 0.1) is 12.2 Å². The van der Waals surface area contributed by atoms with Gasteiger partial charge in [0, 0.05) is 17.5 Å². The monoisotopic (exact) mass is 269 g/mol. The van der Waals surface area contributed by atoms with Gasteiger partial charge < -0.3 is 10.5 Å². The molecule has 1 fully saturated rings. The molecule has 1 saturated heterocycles. The quantitative estimate of drug-likeness (QED) is 0.915. The van der Waals surface area contributed by atoms with Crippen LogP contribution in [0.4, 0.5) is 8.78 Å². The average molecular weight is 269 g/mol. The molecule has 0 aromatic heterocycles. The van der Waals surface area contributed by atoms with Crippen LogP contribution in [0.2, 0.25) is 0 Å². The standard InChI is InChI=1S/C15H21F2NO/c1-8-9(2)19-10(3)15(8)14(18)7-11-12(16)5-4-6-13(11)17/h4-6,8-10,14-15H,7,18H2,1-3H3. The Kier molecular flexibility index (Phi) is 4.21. The first-order chi connectivity index (χ1) is 8.91. The second kappa shape index (κ2) is 5.55. The minimum Gasteiger partial charge on any atom is -0.375 e. The molecule has 2 rings (SSSR count). The van der Waals surface area contributed by atoms with Gasteiger partial charge >= 0.3 is 0 Å². The van der Waals surface area contributed by atoms with Crippen LogP contribution in [0.1, 0.15) is 26.3 Å². The van der Waals surface area contributed by atoms with Crippen LogP contribution in [-0.2, 0) is 11.2 Å². The van der Waals surface area contributed by atoms with Gasteiger partial charge in [0.15, 0.2) is 0 Å². The van der Waals surface area contributed by atoms with Gasteiger partial charge in [-0.25, -0.2) is 8.78 Å². The summed E-state index contributed by atoms with van der Waals surface area (Å²) in [4.78, 5) is 0. The van der Waals surface area contributed by atoms with Crippen LogP contribution in [0.5, 0.6) is 0 Å². The van der Waals surface area contributed by atoms with Crippen LogP contribution in [0.3, 0.4) is 0 Å². The molecule has 0 amide bonds. The topological polar surface area (TPSA) is 35.2 Å². The van der Waals surface area contributed by atoms with Gasteiger partial charge in [0.1, 0.15) is 11.6 Å². The first-order valence-corrected chi connectivity index (χ1v) is 6.75. The fourth-order valence-electron chi connectivity index (χ4n) is 3.13. The molecule has 0 spiro atoms. The minimum atomic E-state index is -0.525. The Hall–Kier alpha value is -1.00. The van der Waals surface area contributed by atoms with Crippen molar-refractivity contribution in [1.82, 2.24) is 0 Å². The molecular formula is C15H21F2NO. The van der Waals surface area contributed by atoms with E-state index in [9.17, 15) is 8.78 Å². The van der Waals surface area contributed by atoms with Gasteiger partial charge in [-0.1, -0.05) is 13.0 Å². The first kappa shape index (κ1) is 14.4. The Labute approximate surface area is 112 Å². The fourth-order valence-corrected chi connectivity index (χ4v) is 3.13. The summed E-state index contributed by atoms with van der Waals surface area (Å²) < 4.78 is 33.0. The highest BCUT2D eigenvalue weighted by Crippen LogP contribution is 2.35. The SMILES string of the molecule is CC1OC(C)C(C(N)Cc2c(F)cccc2F)C1C. The smallest absolute Gasteiger partial charge is 0.129 e. The highest BCUT2D eigenvalue weighted by atomic mass is 19.1. The maximum atomic E-state index is 13.6. The number of hydrogen-bond acceptors (Lipinski definition) is 2. The van der Waals surface area contributed by atoms with Gasteiger partial charge in [-0.05, 0) is 38.3 Å². The van der Waals surface area contributed by atoms with E-state index >= 15 is 0 Å². The normalized spacial score (nSPS) is 32.5. The Morgan fingerprint density at radius 1 is 1.16 bits per heavy atom. The summed E-state index contributed by atoms with van der Waals surface area (Å²) in [5.74, 6) is -0.640. The van der Waals surface area contributed by atoms with Crippen LogP contribution in [0.25, 0.3) is 0 Å². The molecule has 0 saturated carbocycles. The number of hydrogen-bond donors (Lipinski definition) is 1. The van der Waals surface area contributed by atoms with Gasteiger partial charge in [-0.3, -0.25) is 0 Å². The Morgan fingerprint density at radius 3 is 2.21 bits per heavy atom. The number of benzene rings is 1. The summed E-state index contributed by atoms with van der Waals surface area (Å²) in [6, 6.07) is 3.60. The lowest BCUT2D eigenvalue weighted by Crippen LogP contribution is -2.39. The lowest BCUT2D eigenvalue weighted by atomic mass is 9.81. The van der Waals surface area contributed by atoms with Crippen LogP contribution < -0.4 is 5.73 Å². The van der Waals surface area contributed by atoms with E-state index in [0.29, 0.717) is 5.92 Å². The molecule has 1 aromatic rings.